The molecule has 0 bridgehead atoms. The molecule has 1 heterocycles. The van der Waals surface area contributed by atoms with Crippen LogP contribution >= 0.6 is 0 Å². The fourth-order valence-corrected chi connectivity index (χ4v) is 2.29. The number of carbonyl (C=O) groups excluding carboxylic acids is 1. The third-order valence-corrected chi connectivity index (χ3v) is 3.48. The highest BCUT2D eigenvalue weighted by Crippen LogP contribution is 2.26. The van der Waals surface area contributed by atoms with Gasteiger partial charge in [0.15, 0.2) is 11.8 Å². The highest BCUT2D eigenvalue weighted by molar-refractivity contribution is 6.03. The second-order valence-electron chi connectivity index (χ2n) is 5.27. The number of carbonyl (C=O) groups is 1. The third kappa shape index (κ3) is 3.28. The zero-order valence-corrected chi connectivity index (χ0v) is 12.9. The number of hydrogen-bond donors (Lipinski definition) is 3. The smallest absolute Gasteiger partial charge is 0.277 e. The van der Waals surface area contributed by atoms with E-state index in [1.54, 1.807) is 31.2 Å². The molecule has 3 rings (SSSR count). The molecule has 1 unspecified atom stereocenters. The lowest BCUT2D eigenvalue weighted by molar-refractivity contribution is 0.102. The van der Waals surface area contributed by atoms with Crippen molar-refractivity contribution in [2.24, 2.45) is 0 Å². The molecule has 1 aromatic heterocycles. The summed E-state index contributed by atoms with van der Waals surface area (Å²) in [5.41, 5.74) is 1.17. The van der Waals surface area contributed by atoms with E-state index in [-0.39, 0.29) is 17.3 Å². The highest BCUT2D eigenvalue weighted by atomic mass is 16.4. The molecular weight excluding hydrogens is 308 g/mol. The molecular formula is C18H16N2O4. The third-order valence-electron chi connectivity index (χ3n) is 3.48. The molecule has 0 saturated heterocycles. The molecule has 1 amide bonds. The average Bonchev–Trinajstić information content (AvgIpc) is 2.97. The van der Waals surface area contributed by atoms with Gasteiger partial charge in [-0.1, -0.05) is 30.3 Å². The molecule has 0 fully saturated rings. The Balaban J connectivity index is 1.83. The summed E-state index contributed by atoms with van der Waals surface area (Å²) < 4.78 is 5.43. The van der Waals surface area contributed by atoms with Crippen LogP contribution in [0.15, 0.2) is 59.0 Å². The fraction of sp³-hybridized carbons (Fsp3) is 0.111. The molecule has 3 aromatic rings. The predicted octanol–water partition coefficient (Wildman–Crippen LogP) is 3.02. The van der Waals surface area contributed by atoms with Crippen LogP contribution in [0, 0.1) is 6.92 Å². The minimum absolute atomic E-state index is 0.00342. The van der Waals surface area contributed by atoms with Crippen LogP contribution in [0.25, 0.3) is 0 Å². The monoisotopic (exact) mass is 324 g/mol. The van der Waals surface area contributed by atoms with Crippen LogP contribution in [0.1, 0.15) is 33.8 Å². The number of aliphatic hydroxyl groups excluding tert-OH is 1. The largest absolute Gasteiger partial charge is 0.508 e. The van der Waals surface area contributed by atoms with Crippen molar-refractivity contribution < 1.29 is 19.4 Å². The molecule has 0 spiro atoms. The van der Waals surface area contributed by atoms with E-state index >= 15 is 0 Å². The topological polar surface area (TPSA) is 95.6 Å². The first kappa shape index (κ1) is 15.8. The Morgan fingerprint density at radius 1 is 1.17 bits per heavy atom. The Morgan fingerprint density at radius 2 is 1.92 bits per heavy atom. The van der Waals surface area contributed by atoms with E-state index in [4.69, 9.17) is 4.42 Å². The maximum atomic E-state index is 12.3. The van der Waals surface area contributed by atoms with E-state index in [0.29, 0.717) is 17.0 Å². The maximum absolute atomic E-state index is 12.3. The zero-order valence-electron chi connectivity index (χ0n) is 12.9. The number of phenolic OH excluding ortho intramolecular Hbond substituents is 1. The molecule has 0 aliphatic rings. The first-order valence-electron chi connectivity index (χ1n) is 7.35. The first-order chi connectivity index (χ1) is 11.5. The summed E-state index contributed by atoms with van der Waals surface area (Å²) in [6.07, 6.45) is -1.17. The summed E-state index contributed by atoms with van der Waals surface area (Å²) in [6.45, 7) is 1.60. The number of aryl methyl sites for hydroxylation is 1. The Kier molecular flexibility index (Phi) is 4.31. The molecule has 6 nitrogen and oxygen atoms in total. The Labute approximate surface area is 138 Å². The van der Waals surface area contributed by atoms with Gasteiger partial charge in [-0.15, -0.1) is 0 Å². The number of aromatic nitrogens is 1. The van der Waals surface area contributed by atoms with Crippen LogP contribution in [0.4, 0.5) is 5.69 Å². The molecule has 0 aliphatic carbocycles. The number of aliphatic hydroxyl groups is 1. The van der Waals surface area contributed by atoms with Gasteiger partial charge in [-0.05, 0) is 36.8 Å². The molecule has 2 aromatic carbocycles. The average molecular weight is 324 g/mol. The van der Waals surface area contributed by atoms with Crippen molar-refractivity contribution >= 4 is 11.6 Å². The number of para-hydroxylation sites is 1. The van der Waals surface area contributed by atoms with Gasteiger partial charge in [0.25, 0.3) is 5.91 Å². The number of anilines is 1. The van der Waals surface area contributed by atoms with Crippen molar-refractivity contribution in [3.8, 4) is 5.75 Å². The van der Waals surface area contributed by atoms with Crippen LogP contribution in [-0.2, 0) is 0 Å². The van der Waals surface area contributed by atoms with Crippen LogP contribution in [0.2, 0.25) is 0 Å². The minimum Gasteiger partial charge on any atom is -0.508 e. The number of nitrogens with one attached hydrogen (secondary N) is 1. The van der Waals surface area contributed by atoms with E-state index < -0.39 is 12.0 Å². The van der Waals surface area contributed by atoms with Gasteiger partial charge >= 0.3 is 0 Å². The highest BCUT2D eigenvalue weighted by Gasteiger charge is 2.23. The van der Waals surface area contributed by atoms with Crippen molar-refractivity contribution in [1.82, 2.24) is 4.98 Å². The Hall–Kier alpha value is -3.12. The predicted molar refractivity (Wildman–Crippen MR) is 87.8 cm³/mol. The number of phenols is 1. The number of nitrogens with zero attached hydrogens (tertiary/aromatic N) is 1. The number of aromatic hydroxyl groups is 1. The number of amides is 1. The molecule has 0 radical (unpaired) electrons. The molecule has 1 atom stereocenters. The van der Waals surface area contributed by atoms with Crippen molar-refractivity contribution in [3.05, 3.63) is 77.5 Å². The summed E-state index contributed by atoms with van der Waals surface area (Å²) >= 11 is 0. The lowest BCUT2D eigenvalue weighted by Gasteiger charge is -2.06. The van der Waals surface area contributed by atoms with E-state index in [1.165, 1.54) is 12.1 Å². The molecule has 3 N–H and O–H groups in total. The number of oxazole rings is 1. The van der Waals surface area contributed by atoms with E-state index in [0.717, 1.165) is 0 Å². The molecule has 0 aliphatic heterocycles. The molecule has 6 heteroatoms. The number of rotatable bonds is 4. The second kappa shape index (κ2) is 6.55. The normalized spacial score (nSPS) is 11.9. The van der Waals surface area contributed by atoms with Gasteiger partial charge in [0.1, 0.15) is 11.5 Å². The van der Waals surface area contributed by atoms with Crippen molar-refractivity contribution in [3.63, 3.8) is 0 Å². The zero-order chi connectivity index (χ0) is 17.1. The summed E-state index contributed by atoms with van der Waals surface area (Å²) in [6, 6.07) is 15.1. The van der Waals surface area contributed by atoms with Gasteiger partial charge in [-0.3, -0.25) is 4.79 Å². The van der Waals surface area contributed by atoms with E-state index in [1.807, 2.05) is 18.2 Å². The number of benzene rings is 2. The van der Waals surface area contributed by atoms with Gasteiger partial charge in [-0.2, -0.15) is 0 Å². The second-order valence-corrected chi connectivity index (χ2v) is 5.27. The Bertz CT molecular complexity index is 858. The molecule has 24 heavy (non-hydrogen) atoms. The van der Waals surface area contributed by atoms with Crippen LogP contribution in [0.5, 0.6) is 5.75 Å². The van der Waals surface area contributed by atoms with Crippen molar-refractivity contribution in [2.75, 3.05) is 5.32 Å². The van der Waals surface area contributed by atoms with Crippen LogP contribution in [-0.4, -0.2) is 21.1 Å². The quantitative estimate of drug-likeness (QED) is 0.685. The lowest BCUT2D eigenvalue weighted by Crippen LogP contribution is -2.13. The van der Waals surface area contributed by atoms with Gasteiger partial charge in [0, 0.05) is 5.69 Å². The SMILES string of the molecule is Cc1oc(C(O)c2cccc(O)c2)nc1C(=O)Nc1ccccc1. The first-order valence-corrected chi connectivity index (χ1v) is 7.35. The fourth-order valence-electron chi connectivity index (χ4n) is 2.29. The molecule has 0 saturated carbocycles. The lowest BCUT2D eigenvalue weighted by atomic mass is 10.1. The number of hydrogen-bond acceptors (Lipinski definition) is 5. The summed E-state index contributed by atoms with van der Waals surface area (Å²) in [5, 5.41) is 22.5. The molecule has 122 valence electrons. The minimum atomic E-state index is -1.17. The maximum Gasteiger partial charge on any atom is 0.277 e. The van der Waals surface area contributed by atoms with Crippen LogP contribution in [0.3, 0.4) is 0 Å². The summed E-state index contributed by atoms with van der Waals surface area (Å²) in [7, 11) is 0. The van der Waals surface area contributed by atoms with Crippen molar-refractivity contribution in [1.29, 1.82) is 0 Å². The Morgan fingerprint density at radius 3 is 2.62 bits per heavy atom. The van der Waals surface area contributed by atoms with Crippen LogP contribution < -0.4 is 5.32 Å². The summed E-state index contributed by atoms with van der Waals surface area (Å²) in [5.74, 6) is -0.0948. The standard InChI is InChI=1S/C18H16N2O4/c1-11-15(17(23)19-13-7-3-2-4-8-13)20-18(24-11)16(22)12-6-5-9-14(21)10-12/h2-10,16,21-22H,1H3,(H,19,23). The van der Waals surface area contributed by atoms with E-state index in [9.17, 15) is 15.0 Å². The van der Waals surface area contributed by atoms with Gasteiger partial charge in [0.05, 0.1) is 0 Å². The van der Waals surface area contributed by atoms with Crippen molar-refractivity contribution in [2.45, 2.75) is 13.0 Å². The van der Waals surface area contributed by atoms with Gasteiger partial charge in [-0.25, -0.2) is 4.98 Å². The van der Waals surface area contributed by atoms with Gasteiger partial charge in [0.2, 0.25) is 5.89 Å². The van der Waals surface area contributed by atoms with E-state index in [2.05, 4.69) is 10.3 Å². The van der Waals surface area contributed by atoms with Gasteiger partial charge < -0.3 is 19.9 Å². The summed E-state index contributed by atoms with van der Waals surface area (Å²) in [4.78, 5) is 16.4.